The Labute approximate surface area is 234 Å². The van der Waals surface area contributed by atoms with Gasteiger partial charge in [0.15, 0.2) is 10.7 Å². The SMILES string of the molecule is Cc1cc(C)c2oc(-c3ccc(Cl)c(NC(=S)NC(=O)C=Cc4ccc(-c5ccc(Cl)cc5)o4)c3)nc2c1. The number of anilines is 1. The standard InChI is InChI=1S/C29H21Cl2N3O3S/c1-16-13-17(2)27-24(14-16)32-28(37-27)19-5-10-22(31)23(15-19)33-29(38)34-26(35)12-9-21-8-11-25(36-21)18-3-6-20(30)7-4-18/h3-15H,1-2H3,(H2,33,34,35,38). The molecule has 5 aromatic rings. The number of rotatable bonds is 5. The molecule has 3 aromatic carbocycles. The van der Waals surface area contributed by atoms with Crippen molar-refractivity contribution in [3.63, 3.8) is 0 Å². The molecule has 2 N–H and O–H groups in total. The van der Waals surface area contributed by atoms with E-state index in [0.717, 1.165) is 27.8 Å². The van der Waals surface area contributed by atoms with Crippen molar-refractivity contribution in [2.75, 3.05) is 5.32 Å². The van der Waals surface area contributed by atoms with Gasteiger partial charge in [0.25, 0.3) is 0 Å². The topological polar surface area (TPSA) is 80.3 Å². The Morgan fingerprint density at radius 2 is 1.71 bits per heavy atom. The second-order valence-corrected chi connectivity index (χ2v) is 9.88. The molecule has 0 unspecified atom stereocenters. The molecule has 1 amide bonds. The molecule has 0 saturated heterocycles. The summed E-state index contributed by atoms with van der Waals surface area (Å²) in [6.07, 6.45) is 2.89. The quantitative estimate of drug-likeness (QED) is 0.166. The number of halogens is 2. The first kappa shape index (κ1) is 25.7. The fourth-order valence-electron chi connectivity index (χ4n) is 3.93. The first-order valence-corrected chi connectivity index (χ1v) is 12.7. The number of aromatic nitrogens is 1. The number of nitrogens with zero attached hydrogens (tertiary/aromatic N) is 1. The van der Waals surface area contributed by atoms with Gasteiger partial charge < -0.3 is 14.2 Å². The molecule has 0 spiro atoms. The van der Waals surface area contributed by atoms with E-state index < -0.39 is 5.91 Å². The van der Waals surface area contributed by atoms with Crippen LogP contribution in [0.3, 0.4) is 0 Å². The van der Waals surface area contributed by atoms with Crippen molar-refractivity contribution in [3.8, 4) is 22.8 Å². The molecule has 9 heteroatoms. The lowest BCUT2D eigenvalue weighted by atomic mass is 10.1. The zero-order valence-corrected chi connectivity index (χ0v) is 22.7. The molecule has 0 atom stereocenters. The van der Waals surface area contributed by atoms with Crippen LogP contribution in [0.5, 0.6) is 0 Å². The monoisotopic (exact) mass is 561 g/mol. The number of thiocarbonyl (C=S) groups is 1. The minimum Gasteiger partial charge on any atom is -0.457 e. The highest BCUT2D eigenvalue weighted by Gasteiger charge is 2.14. The van der Waals surface area contributed by atoms with Crippen LogP contribution in [0, 0.1) is 13.8 Å². The molecule has 0 fully saturated rings. The van der Waals surface area contributed by atoms with Crippen molar-refractivity contribution < 1.29 is 13.6 Å². The van der Waals surface area contributed by atoms with Crippen LogP contribution in [0.15, 0.2) is 81.6 Å². The Morgan fingerprint density at radius 1 is 0.947 bits per heavy atom. The van der Waals surface area contributed by atoms with Crippen molar-refractivity contribution in [3.05, 3.63) is 99.7 Å². The number of fused-ring (bicyclic) bond motifs is 1. The number of hydrogen-bond acceptors (Lipinski definition) is 5. The third-order valence-electron chi connectivity index (χ3n) is 5.67. The van der Waals surface area contributed by atoms with Gasteiger partial charge in [-0.2, -0.15) is 0 Å². The Bertz CT molecular complexity index is 1700. The van der Waals surface area contributed by atoms with Crippen molar-refractivity contribution in [1.29, 1.82) is 0 Å². The summed E-state index contributed by atoms with van der Waals surface area (Å²) in [5.74, 6) is 1.22. The maximum absolute atomic E-state index is 12.4. The Hall–Kier alpha value is -3.91. The summed E-state index contributed by atoms with van der Waals surface area (Å²) in [4.78, 5) is 17.0. The molecule has 6 nitrogen and oxygen atoms in total. The van der Waals surface area contributed by atoms with E-state index in [9.17, 15) is 4.79 Å². The fraction of sp³-hybridized carbons (Fsp3) is 0.0690. The molecule has 0 bridgehead atoms. The average molecular weight is 562 g/mol. The average Bonchev–Trinajstić information content (AvgIpc) is 3.52. The first-order valence-electron chi connectivity index (χ1n) is 11.6. The maximum Gasteiger partial charge on any atom is 0.250 e. The van der Waals surface area contributed by atoms with Crippen LogP contribution in [0.1, 0.15) is 16.9 Å². The Balaban J connectivity index is 1.24. The first-order chi connectivity index (χ1) is 18.2. The van der Waals surface area contributed by atoms with Gasteiger partial charge in [0.1, 0.15) is 17.0 Å². The molecule has 190 valence electrons. The summed E-state index contributed by atoms with van der Waals surface area (Å²) in [6, 6.07) is 20.2. The predicted octanol–water partition coefficient (Wildman–Crippen LogP) is 8.20. The second kappa shape index (κ2) is 10.8. The van der Waals surface area contributed by atoms with Gasteiger partial charge in [-0.1, -0.05) is 29.3 Å². The van der Waals surface area contributed by atoms with E-state index in [2.05, 4.69) is 15.6 Å². The highest BCUT2D eigenvalue weighted by atomic mass is 35.5. The number of furan rings is 1. The lowest BCUT2D eigenvalue weighted by Crippen LogP contribution is -2.32. The van der Waals surface area contributed by atoms with E-state index in [4.69, 9.17) is 44.3 Å². The highest BCUT2D eigenvalue weighted by molar-refractivity contribution is 7.80. The predicted molar refractivity (Wildman–Crippen MR) is 156 cm³/mol. The van der Waals surface area contributed by atoms with E-state index in [1.807, 2.05) is 50.2 Å². The van der Waals surface area contributed by atoms with Crippen molar-refractivity contribution in [2.24, 2.45) is 0 Å². The minimum absolute atomic E-state index is 0.0871. The van der Waals surface area contributed by atoms with Crippen LogP contribution in [0.2, 0.25) is 10.0 Å². The number of nitrogens with one attached hydrogen (secondary N) is 2. The van der Waals surface area contributed by atoms with Gasteiger partial charge >= 0.3 is 0 Å². The smallest absolute Gasteiger partial charge is 0.250 e. The van der Waals surface area contributed by atoms with Gasteiger partial charge in [0.2, 0.25) is 11.8 Å². The normalized spacial score (nSPS) is 11.3. The number of carbonyl (C=O) groups is 1. The van der Waals surface area contributed by atoms with E-state index in [0.29, 0.717) is 38.7 Å². The number of benzene rings is 3. The van der Waals surface area contributed by atoms with Gasteiger partial charge in [0.05, 0.1) is 10.7 Å². The van der Waals surface area contributed by atoms with Gasteiger partial charge in [-0.3, -0.25) is 10.1 Å². The summed E-state index contributed by atoms with van der Waals surface area (Å²) >= 11 is 17.6. The molecule has 0 aliphatic heterocycles. The van der Waals surface area contributed by atoms with Crippen LogP contribution in [0.25, 0.3) is 40.0 Å². The molecule has 2 heterocycles. The summed E-state index contributed by atoms with van der Waals surface area (Å²) in [5, 5.41) is 6.73. The van der Waals surface area contributed by atoms with Gasteiger partial charge in [-0.15, -0.1) is 0 Å². The fourth-order valence-corrected chi connectivity index (χ4v) is 4.43. The largest absolute Gasteiger partial charge is 0.457 e. The van der Waals surface area contributed by atoms with Crippen LogP contribution >= 0.6 is 35.4 Å². The van der Waals surface area contributed by atoms with Crippen LogP contribution in [0.4, 0.5) is 5.69 Å². The lowest BCUT2D eigenvalue weighted by molar-refractivity contribution is -0.115. The number of oxazole rings is 1. The molecule has 0 aliphatic rings. The molecule has 2 aromatic heterocycles. The number of amides is 1. The molecule has 0 radical (unpaired) electrons. The van der Waals surface area contributed by atoms with Crippen LogP contribution in [-0.2, 0) is 4.79 Å². The number of hydrogen-bond donors (Lipinski definition) is 2. The Kier molecular flexibility index (Phi) is 7.33. The molecule has 0 saturated carbocycles. The molecular weight excluding hydrogens is 541 g/mol. The van der Waals surface area contributed by atoms with Crippen LogP contribution < -0.4 is 10.6 Å². The lowest BCUT2D eigenvalue weighted by Gasteiger charge is -2.10. The van der Waals surface area contributed by atoms with Gasteiger partial charge in [-0.25, -0.2) is 4.98 Å². The van der Waals surface area contributed by atoms with Crippen LogP contribution in [-0.4, -0.2) is 16.0 Å². The zero-order chi connectivity index (χ0) is 26.8. The molecule has 5 rings (SSSR count). The molecular formula is C29H21Cl2N3O3S. The second-order valence-electron chi connectivity index (χ2n) is 8.63. The number of carbonyl (C=O) groups excluding carboxylic acids is 1. The van der Waals surface area contributed by atoms with Crippen molar-refractivity contribution >= 4 is 69.3 Å². The van der Waals surface area contributed by atoms with Crippen molar-refractivity contribution in [2.45, 2.75) is 13.8 Å². The number of aryl methyl sites for hydroxylation is 2. The third-order valence-corrected chi connectivity index (χ3v) is 6.46. The Morgan fingerprint density at radius 3 is 2.50 bits per heavy atom. The summed E-state index contributed by atoms with van der Waals surface area (Å²) in [5.41, 5.74) is 5.75. The van der Waals surface area contributed by atoms with E-state index in [-0.39, 0.29) is 5.11 Å². The van der Waals surface area contributed by atoms with E-state index in [1.165, 1.54) is 6.08 Å². The maximum atomic E-state index is 12.4. The van der Waals surface area contributed by atoms with Gasteiger partial charge in [0, 0.05) is 22.2 Å². The van der Waals surface area contributed by atoms with E-state index >= 15 is 0 Å². The minimum atomic E-state index is -0.427. The summed E-state index contributed by atoms with van der Waals surface area (Å²) in [7, 11) is 0. The van der Waals surface area contributed by atoms with E-state index in [1.54, 1.807) is 36.4 Å². The van der Waals surface area contributed by atoms with Gasteiger partial charge in [-0.05, 0) is 104 Å². The van der Waals surface area contributed by atoms with Crippen molar-refractivity contribution in [1.82, 2.24) is 10.3 Å². The summed E-state index contributed by atoms with van der Waals surface area (Å²) in [6.45, 7) is 4.00. The highest BCUT2D eigenvalue weighted by Crippen LogP contribution is 2.32. The summed E-state index contributed by atoms with van der Waals surface area (Å²) < 4.78 is 11.8. The third kappa shape index (κ3) is 5.81. The molecule has 0 aliphatic carbocycles. The molecule has 38 heavy (non-hydrogen) atoms. The zero-order valence-electron chi connectivity index (χ0n) is 20.3.